The fourth-order valence-corrected chi connectivity index (χ4v) is 4.13. The average molecular weight is 419 g/mol. The van der Waals surface area contributed by atoms with Gasteiger partial charge in [-0.3, -0.25) is 14.8 Å². The molecular weight excluding hydrogens is 394 g/mol. The quantitative estimate of drug-likeness (QED) is 0.563. The van der Waals surface area contributed by atoms with Crippen LogP contribution in [0.5, 0.6) is 0 Å². The summed E-state index contributed by atoms with van der Waals surface area (Å²) in [5, 5.41) is 15.1. The number of para-hydroxylation sites is 1. The molecule has 1 saturated carbocycles. The number of benzene rings is 1. The van der Waals surface area contributed by atoms with E-state index in [2.05, 4.69) is 25.6 Å². The zero-order valence-corrected chi connectivity index (χ0v) is 17.1. The lowest BCUT2D eigenvalue weighted by molar-refractivity contribution is 0.0942. The van der Waals surface area contributed by atoms with Crippen LogP contribution in [0.3, 0.4) is 0 Å². The van der Waals surface area contributed by atoms with Crippen LogP contribution in [0.1, 0.15) is 36.0 Å². The van der Waals surface area contributed by atoms with E-state index in [0.29, 0.717) is 41.9 Å². The Morgan fingerprint density at radius 3 is 2.35 bits per heavy atom. The van der Waals surface area contributed by atoms with Gasteiger partial charge in [0.15, 0.2) is 0 Å². The molecule has 0 saturated heterocycles. The first-order valence-electron chi connectivity index (χ1n) is 10.5. The van der Waals surface area contributed by atoms with E-state index in [-0.39, 0.29) is 5.91 Å². The van der Waals surface area contributed by atoms with Crippen molar-refractivity contribution in [2.75, 3.05) is 13.1 Å². The van der Waals surface area contributed by atoms with Crippen molar-refractivity contribution in [3.05, 3.63) is 54.5 Å². The second-order valence-corrected chi connectivity index (χ2v) is 7.95. The third-order valence-electron chi connectivity index (χ3n) is 5.85. The van der Waals surface area contributed by atoms with E-state index in [4.69, 9.17) is 5.11 Å². The molecular formula is C23H25N5O3. The van der Waals surface area contributed by atoms with Crippen molar-refractivity contribution in [1.82, 2.24) is 25.6 Å². The van der Waals surface area contributed by atoms with E-state index in [9.17, 15) is 9.59 Å². The van der Waals surface area contributed by atoms with Crippen LogP contribution in [0.4, 0.5) is 4.79 Å². The zero-order chi connectivity index (χ0) is 21.6. The number of nitrogens with zero attached hydrogens (tertiary/aromatic N) is 3. The second-order valence-electron chi connectivity index (χ2n) is 7.95. The topological polar surface area (TPSA) is 117 Å². The highest BCUT2D eigenvalue weighted by Gasteiger charge is 2.22. The Kier molecular flexibility index (Phi) is 6.35. The predicted molar refractivity (Wildman–Crippen MR) is 117 cm³/mol. The fraction of sp³-hybridized carbons (Fsp3) is 0.348. The van der Waals surface area contributed by atoms with Gasteiger partial charge in [-0.05, 0) is 49.7 Å². The SMILES string of the molecule is O=C(O)NCC1CCC(CNC(=O)c2cc(-c3cnccn3)nc3ccccc23)CC1. The molecule has 1 fully saturated rings. The van der Waals surface area contributed by atoms with Gasteiger partial charge < -0.3 is 15.7 Å². The molecule has 1 aliphatic carbocycles. The first-order chi connectivity index (χ1) is 15.1. The van der Waals surface area contributed by atoms with E-state index >= 15 is 0 Å². The van der Waals surface area contributed by atoms with Crippen molar-refractivity contribution in [3.8, 4) is 11.4 Å². The van der Waals surface area contributed by atoms with Gasteiger partial charge in [-0.2, -0.15) is 0 Å². The van der Waals surface area contributed by atoms with E-state index in [1.54, 1.807) is 24.7 Å². The molecule has 0 spiro atoms. The summed E-state index contributed by atoms with van der Waals surface area (Å²) in [5.74, 6) is 0.651. The van der Waals surface area contributed by atoms with Crippen LogP contribution < -0.4 is 10.6 Å². The number of hydrogen-bond acceptors (Lipinski definition) is 5. The smallest absolute Gasteiger partial charge is 0.404 e. The number of pyridine rings is 1. The Labute approximate surface area is 180 Å². The van der Waals surface area contributed by atoms with E-state index in [0.717, 1.165) is 36.6 Å². The van der Waals surface area contributed by atoms with E-state index < -0.39 is 6.09 Å². The maximum atomic E-state index is 13.1. The van der Waals surface area contributed by atoms with E-state index in [1.165, 1.54) is 0 Å². The molecule has 160 valence electrons. The van der Waals surface area contributed by atoms with E-state index in [1.807, 2.05) is 24.3 Å². The molecule has 0 bridgehead atoms. The van der Waals surface area contributed by atoms with Crippen LogP contribution in [-0.2, 0) is 0 Å². The second kappa shape index (κ2) is 9.51. The highest BCUT2D eigenvalue weighted by atomic mass is 16.4. The first-order valence-corrected chi connectivity index (χ1v) is 10.5. The van der Waals surface area contributed by atoms with Crippen molar-refractivity contribution in [2.24, 2.45) is 11.8 Å². The Morgan fingerprint density at radius 1 is 0.968 bits per heavy atom. The molecule has 0 unspecified atom stereocenters. The van der Waals surface area contributed by atoms with Crippen LogP contribution >= 0.6 is 0 Å². The van der Waals surface area contributed by atoms with Gasteiger partial charge in [-0.1, -0.05) is 18.2 Å². The third-order valence-corrected chi connectivity index (χ3v) is 5.85. The minimum absolute atomic E-state index is 0.126. The third kappa shape index (κ3) is 5.14. The van der Waals surface area contributed by atoms with Gasteiger partial charge in [0.1, 0.15) is 5.69 Å². The molecule has 2 heterocycles. The standard InChI is InChI=1S/C23H25N5O3/c29-22(26-12-15-5-7-16(8-6-15)13-27-23(30)31)18-11-20(21-14-24-9-10-25-21)28-19-4-2-1-3-17(18)19/h1-4,9-11,14-16,27H,5-8,12-13H2,(H,26,29)(H,30,31). The number of carbonyl (C=O) groups is 2. The highest BCUT2D eigenvalue weighted by molar-refractivity contribution is 6.07. The van der Waals surface area contributed by atoms with Gasteiger partial charge in [-0.15, -0.1) is 0 Å². The van der Waals surface area contributed by atoms with Crippen molar-refractivity contribution < 1.29 is 14.7 Å². The summed E-state index contributed by atoms with van der Waals surface area (Å²) < 4.78 is 0. The Balaban J connectivity index is 1.44. The zero-order valence-electron chi connectivity index (χ0n) is 17.1. The molecule has 2 aromatic heterocycles. The summed E-state index contributed by atoms with van der Waals surface area (Å²) in [6.07, 6.45) is 7.77. The number of carboxylic acid groups (broad SMARTS) is 1. The number of nitrogens with one attached hydrogen (secondary N) is 2. The number of aromatic nitrogens is 3. The monoisotopic (exact) mass is 419 g/mol. The van der Waals surface area contributed by atoms with Crippen LogP contribution in [0.25, 0.3) is 22.3 Å². The van der Waals surface area contributed by atoms with Crippen molar-refractivity contribution in [2.45, 2.75) is 25.7 Å². The van der Waals surface area contributed by atoms with Crippen molar-refractivity contribution >= 4 is 22.9 Å². The van der Waals surface area contributed by atoms with Gasteiger partial charge >= 0.3 is 6.09 Å². The number of rotatable bonds is 6. The minimum Gasteiger partial charge on any atom is -0.465 e. The van der Waals surface area contributed by atoms with Crippen LogP contribution in [-0.4, -0.2) is 45.1 Å². The highest BCUT2D eigenvalue weighted by Crippen LogP contribution is 2.28. The molecule has 0 atom stereocenters. The predicted octanol–water partition coefficient (Wildman–Crippen LogP) is 3.50. The minimum atomic E-state index is -0.972. The lowest BCUT2D eigenvalue weighted by atomic mass is 9.82. The molecule has 3 aromatic rings. The van der Waals surface area contributed by atoms with Crippen LogP contribution in [0.15, 0.2) is 48.9 Å². The summed E-state index contributed by atoms with van der Waals surface area (Å²) in [7, 11) is 0. The van der Waals surface area contributed by atoms with Gasteiger partial charge in [0.25, 0.3) is 5.91 Å². The average Bonchev–Trinajstić information content (AvgIpc) is 2.81. The van der Waals surface area contributed by atoms with Crippen LogP contribution in [0.2, 0.25) is 0 Å². The van der Waals surface area contributed by atoms with Gasteiger partial charge in [0.2, 0.25) is 0 Å². The summed E-state index contributed by atoms with van der Waals surface area (Å²) in [6.45, 7) is 1.11. The van der Waals surface area contributed by atoms with Gasteiger partial charge in [-0.25, -0.2) is 9.78 Å². The Morgan fingerprint density at radius 2 is 1.68 bits per heavy atom. The molecule has 2 amide bonds. The summed E-state index contributed by atoms with van der Waals surface area (Å²) in [5.41, 5.74) is 2.55. The lowest BCUT2D eigenvalue weighted by Gasteiger charge is -2.28. The molecule has 3 N–H and O–H groups in total. The Bertz CT molecular complexity index is 1070. The van der Waals surface area contributed by atoms with Gasteiger partial charge in [0, 0.05) is 30.9 Å². The Hall–Kier alpha value is -3.55. The fourth-order valence-electron chi connectivity index (χ4n) is 4.13. The normalized spacial score (nSPS) is 18.5. The summed E-state index contributed by atoms with van der Waals surface area (Å²) in [6, 6.07) is 9.36. The first kappa shape index (κ1) is 20.7. The maximum absolute atomic E-state index is 13.1. The lowest BCUT2D eigenvalue weighted by Crippen LogP contribution is -2.34. The molecule has 4 rings (SSSR count). The molecule has 31 heavy (non-hydrogen) atoms. The summed E-state index contributed by atoms with van der Waals surface area (Å²) >= 11 is 0. The number of hydrogen-bond donors (Lipinski definition) is 3. The number of carbonyl (C=O) groups excluding carboxylic acids is 1. The van der Waals surface area contributed by atoms with Crippen molar-refractivity contribution in [3.63, 3.8) is 0 Å². The number of fused-ring (bicyclic) bond motifs is 1. The summed E-state index contributed by atoms with van der Waals surface area (Å²) in [4.78, 5) is 36.8. The molecule has 8 heteroatoms. The number of amides is 2. The maximum Gasteiger partial charge on any atom is 0.404 e. The molecule has 0 radical (unpaired) electrons. The largest absolute Gasteiger partial charge is 0.465 e. The van der Waals surface area contributed by atoms with Gasteiger partial charge in [0.05, 0.1) is 23.0 Å². The van der Waals surface area contributed by atoms with Crippen LogP contribution in [0, 0.1) is 11.8 Å². The van der Waals surface area contributed by atoms with Crippen molar-refractivity contribution in [1.29, 1.82) is 0 Å². The molecule has 1 aliphatic rings. The molecule has 8 nitrogen and oxygen atoms in total. The molecule has 1 aromatic carbocycles. The molecule has 0 aliphatic heterocycles.